The highest BCUT2D eigenvalue weighted by Crippen LogP contribution is 2.34. The Morgan fingerprint density at radius 3 is 2.76 bits per heavy atom. The number of fused-ring (bicyclic) bond motifs is 2. The van der Waals surface area contributed by atoms with Crippen LogP contribution in [0.2, 0.25) is 0 Å². The molecule has 0 unspecified atom stereocenters. The van der Waals surface area contributed by atoms with Crippen LogP contribution in [0.1, 0.15) is 48.8 Å². The van der Waals surface area contributed by atoms with E-state index in [0.717, 1.165) is 66.6 Å². The van der Waals surface area contributed by atoms with Crippen LogP contribution in [0, 0.1) is 5.82 Å². The van der Waals surface area contributed by atoms with Crippen LogP contribution in [-0.4, -0.2) is 46.2 Å². The Morgan fingerprint density at radius 2 is 1.97 bits per heavy atom. The molecule has 2 N–H and O–H groups in total. The molecule has 2 aromatic carbocycles. The normalized spacial score (nSPS) is 16.8. The first kappa shape index (κ1) is 21.6. The Balaban J connectivity index is 1.21. The van der Waals surface area contributed by atoms with Crippen molar-refractivity contribution in [2.45, 2.75) is 45.2 Å². The fraction of sp³-hybridized carbons (Fsp3) is 0.385. The van der Waals surface area contributed by atoms with Gasteiger partial charge in [0.05, 0.1) is 0 Å². The third-order valence-corrected chi connectivity index (χ3v) is 6.93. The van der Waals surface area contributed by atoms with E-state index in [2.05, 4.69) is 28.2 Å². The largest absolute Gasteiger partial charge is 0.361 e. The minimum atomic E-state index is -0.571. The number of rotatable bonds is 4. The van der Waals surface area contributed by atoms with Gasteiger partial charge in [-0.3, -0.25) is 14.5 Å². The molecule has 2 amide bonds. The standard InChI is InChI=1S/C26H29FN4O2/c1-2-10-30-15-18-4-3-5-23(22(18)16-30)29-25(32)26(33)31-11-8-17(9-12-31)21-14-28-24-13-19(27)6-7-20(21)24/h3-7,13-14,17,28H,2,8-12,15-16H2,1H3,(H,29,32). The SMILES string of the molecule is CCCN1Cc2cccc(NC(=O)C(=O)N3CCC(c4c[nH]c5cc(F)ccc45)CC3)c2C1. The van der Waals surface area contributed by atoms with Crippen LogP contribution in [0.5, 0.6) is 0 Å². The number of carbonyl (C=O) groups is 2. The lowest BCUT2D eigenvalue weighted by Gasteiger charge is -2.31. The highest BCUT2D eigenvalue weighted by Gasteiger charge is 2.30. The topological polar surface area (TPSA) is 68.4 Å². The Labute approximate surface area is 192 Å². The smallest absolute Gasteiger partial charge is 0.313 e. The minimum absolute atomic E-state index is 0.260. The number of carbonyl (C=O) groups excluding carboxylic acids is 2. The second kappa shape index (κ2) is 8.98. The molecule has 0 radical (unpaired) electrons. The van der Waals surface area contributed by atoms with Crippen LogP contribution in [0.4, 0.5) is 10.1 Å². The van der Waals surface area contributed by atoms with E-state index in [0.29, 0.717) is 13.1 Å². The summed E-state index contributed by atoms with van der Waals surface area (Å²) in [5, 5.41) is 3.90. The fourth-order valence-electron chi connectivity index (χ4n) is 5.25. The molecule has 0 spiro atoms. The summed E-state index contributed by atoms with van der Waals surface area (Å²) in [5.41, 5.74) is 5.01. The number of amides is 2. The zero-order valence-corrected chi connectivity index (χ0v) is 18.9. The number of benzene rings is 2. The second-order valence-electron chi connectivity index (χ2n) is 9.11. The number of halogens is 1. The lowest BCUT2D eigenvalue weighted by atomic mass is 9.89. The monoisotopic (exact) mass is 448 g/mol. The number of aromatic amines is 1. The summed E-state index contributed by atoms with van der Waals surface area (Å²) in [6.07, 6.45) is 4.57. The van der Waals surface area contributed by atoms with Crippen LogP contribution in [0.15, 0.2) is 42.6 Å². The van der Waals surface area contributed by atoms with Crippen molar-refractivity contribution in [2.75, 3.05) is 25.0 Å². The summed E-state index contributed by atoms with van der Waals surface area (Å²) in [6, 6.07) is 10.7. The number of hydrogen-bond acceptors (Lipinski definition) is 3. The lowest BCUT2D eigenvalue weighted by Crippen LogP contribution is -2.43. The summed E-state index contributed by atoms with van der Waals surface area (Å²) in [4.78, 5) is 32.8. The van der Waals surface area contributed by atoms with E-state index >= 15 is 0 Å². The predicted octanol–water partition coefficient (Wildman–Crippen LogP) is 4.38. The Kier molecular flexibility index (Phi) is 5.89. The molecule has 33 heavy (non-hydrogen) atoms. The summed E-state index contributed by atoms with van der Waals surface area (Å²) >= 11 is 0. The Hall–Kier alpha value is -3.19. The molecular weight excluding hydrogens is 419 g/mol. The first-order chi connectivity index (χ1) is 16.0. The van der Waals surface area contributed by atoms with Crippen LogP contribution in [0.3, 0.4) is 0 Å². The van der Waals surface area contributed by atoms with E-state index < -0.39 is 11.8 Å². The van der Waals surface area contributed by atoms with Gasteiger partial charge in [-0.05, 0) is 72.7 Å². The highest BCUT2D eigenvalue weighted by molar-refractivity contribution is 6.39. The van der Waals surface area contributed by atoms with E-state index in [9.17, 15) is 14.0 Å². The zero-order valence-electron chi connectivity index (χ0n) is 18.9. The number of likely N-dealkylation sites (tertiary alicyclic amines) is 1. The quantitative estimate of drug-likeness (QED) is 0.582. The molecule has 2 aliphatic rings. The van der Waals surface area contributed by atoms with Crippen molar-refractivity contribution in [3.8, 4) is 0 Å². The number of aromatic nitrogens is 1. The van der Waals surface area contributed by atoms with E-state index in [1.807, 2.05) is 18.3 Å². The molecule has 0 aliphatic carbocycles. The maximum Gasteiger partial charge on any atom is 0.313 e. The van der Waals surface area contributed by atoms with Gasteiger partial charge in [-0.1, -0.05) is 19.1 Å². The van der Waals surface area contributed by atoms with Crippen LogP contribution in [0.25, 0.3) is 10.9 Å². The van der Waals surface area contributed by atoms with Gasteiger partial charge in [0.25, 0.3) is 0 Å². The Bertz CT molecular complexity index is 1200. The molecule has 3 aromatic rings. The van der Waals surface area contributed by atoms with Gasteiger partial charge in [0.2, 0.25) is 0 Å². The fourth-order valence-corrected chi connectivity index (χ4v) is 5.25. The van der Waals surface area contributed by atoms with Crippen molar-refractivity contribution in [3.05, 3.63) is 65.1 Å². The molecule has 172 valence electrons. The molecule has 6 nitrogen and oxygen atoms in total. The van der Waals surface area contributed by atoms with Crippen molar-refractivity contribution in [2.24, 2.45) is 0 Å². The first-order valence-corrected chi connectivity index (χ1v) is 11.7. The number of piperidine rings is 1. The highest BCUT2D eigenvalue weighted by atomic mass is 19.1. The molecule has 7 heteroatoms. The van der Waals surface area contributed by atoms with Gasteiger partial charge >= 0.3 is 11.8 Å². The van der Waals surface area contributed by atoms with Gasteiger partial charge in [0.1, 0.15) is 5.82 Å². The first-order valence-electron chi connectivity index (χ1n) is 11.7. The maximum absolute atomic E-state index is 13.5. The molecule has 0 saturated carbocycles. The van der Waals surface area contributed by atoms with Crippen molar-refractivity contribution in [3.63, 3.8) is 0 Å². The van der Waals surface area contributed by atoms with E-state index in [1.54, 1.807) is 11.0 Å². The average Bonchev–Trinajstić information content (AvgIpc) is 3.43. The van der Waals surface area contributed by atoms with Gasteiger partial charge in [-0.25, -0.2) is 4.39 Å². The lowest BCUT2D eigenvalue weighted by molar-refractivity contribution is -0.143. The molecule has 3 heterocycles. The summed E-state index contributed by atoms with van der Waals surface area (Å²) in [7, 11) is 0. The molecule has 2 aliphatic heterocycles. The summed E-state index contributed by atoms with van der Waals surface area (Å²) < 4.78 is 13.5. The number of nitrogens with one attached hydrogen (secondary N) is 2. The molecule has 1 saturated heterocycles. The molecule has 5 rings (SSSR count). The zero-order chi connectivity index (χ0) is 22.9. The van der Waals surface area contributed by atoms with Crippen LogP contribution < -0.4 is 5.32 Å². The average molecular weight is 449 g/mol. The summed E-state index contributed by atoms with van der Waals surface area (Å²) in [6.45, 7) is 5.92. The third-order valence-electron chi connectivity index (χ3n) is 6.93. The second-order valence-corrected chi connectivity index (χ2v) is 9.11. The molecule has 0 atom stereocenters. The van der Waals surface area contributed by atoms with E-state index in [-0.39, 0.29) is 11.7 Å². The maximum atomic E-state index is 13.5. The number of nitrogens with zero attached hydrogens (tertiary/aromatic N) is 2. The molecule has 1 fully saturated rings. The predicted molar refractivity (Wildman–Crippen MR) is 126 cm³/mol. The van der Waals surface area contributed by atoms with Gasteiger partial charge in [-0.15, -0.1) is 0 Å². The minimum Gasteiger partial charge on any atom is -0.361 e. The van der Waals surface area contributed by atoms with Crippen molar-refractivity contribution >= 4 is 28.4 Å². The number of anilines is 1. The van der Waals surface area contributed by atoms with Gasteiger partial charge in [0, 0.05) is 49.0 Å². The molecule has 0 bridgehead atoms. The van der Waals surface area contributed by atoms with Gasteiger partial charge in [-0.2, -0.15) is 0 Å². The van der Waals surface area contributed by atoms with Gasteiger partial charge < -0.3 is 15.2 Å². The number of H-pyrrole nitrogens is 1. The molecule has 1 aromatic heterocycles. The summed E-state index contributed by atoms with van der Waals surface area (Å²) in [5.74, 6) is -1.03. The van der Waals surface area contributed by atoms with Crippen molar-refractivity contribution in [1.82, 2.24) is 14.8 Å². The van der Waals surface area contributed by atoms with Crippen LogP contribution in [-0.2, 0) is 22.7 Å². The van der Waals surface area contributed by atoms with Gasteiger partial charge in [0.15, 0.2) is 0 Å². The molecular formula is C26H29FN4O2. The van der Waals surface area contributed by atoms with E-state index in [4.69, 9.17) is 0 Å². The number of hydrogen-bond donors (Lipinski definition) is 2. The third kappa shape index (κ3) is 4.25. The Morgan fingerprint density at radius 1 is 1.15 bits per heavy atom. The van der Waals surface area contributed by atoms with E-state index in [1.165, 1.54) is 17.7 Å². The van der Waals surface area contributed by atoms with Crippen molar-refractivity contribution < 1.29 is 14.0 Å². The van der Waals surface area contributed by atoms with Crippen molar-refractivity contribution in [1.29, 1.82) is 0 Å². The van der Waals surface area contributed by atoms with Crippen LogP contribution >= 0.6 is 0 Å².